The highest BCUT2D eigenvalue weighted by molar-refractivity contribution is 7.14. The first kappa shape index (κ1) is 17.2. The van der Waals surface area contributed by atoms with Gasteiger partial charge in [0.05, 0.1) is 12.1 Å². The molecule has 2 nitrogen and oxygen atoms in total. The molecule has 1 heterocycles. The summed E-state index contributed by atoms with van der Waals surface area (Å²) in [4.78, 5) is 15.8. The fraction of sp³-hybridized carbons (Fsp3) is 0.136. The fourth-order valence-corrected chi connectivity index (χ4v) is 3.70. The van der Waals surface area contributed by atoms with Crippen LogP contribution in [0.25, 0.3) is 10.4 Å². The van der Waals surface area contributed by atoms with E-state index in [-0.39, 0.29) is 5.91 Å². The Balaban J connectivity index is 1.82. The van der Waals surface area contributed by atoms with Crippen LogP contribution in [0.4, 0.5) is 5.69 Å². The van der Waals surface area contributed by atoms with Gasteiger partial charge in [0.2, 0.25) is 5.91 Å². The quantitative estimate of drug-likeness (QED) is 0.540. The maximum atomic E-state index is 12.8. The lowest BCUT2D eigenvalue weighted by Crippen LogP contribution is -2.32. The van der Waals surface area contributed by atoms with Crippen LogP contribution in [-0.2, 0) is 11.2 Å². The van der Waals surface area contributed by atoms with Crippen LogP contribution in [0, 0.1) is 6.92 Å². The molecule has 0 saturated carbocycles. The molecule has 1 aromatic heterocycles. The van der Waals surface area contributed by atoms with Gasteiger partial charge >= 0.3 is 0 Å². The van der Waals surface area contributed by atoms with Crippen molar-refractivity contribution in [2.24, 2.45) is 0 Å². The maximum Gasteiger partial charge on any atom is 0.231 e. The molecule has 0 N–H and O–H groups in total. The van der Waals surface area contributed by atoms with Crippen molar-refractivity contribution >= 4 is 22.9 Å². The van der Waals surface area contributed by atoms with E-state index >= 15 is 0 Å². The lowest BCUT2D eigenvalue weighted by atomic mass is 10.1. The molecule has 3 aromatic rings. The molecule has 0 atom stereocenters. The first-order valence-corrected chi connectivity index (χ1v) is 9.16. The van der Waals surface area contributed by atoms with Gasteiger partial charge in [-0.05, 0) is 24.1 Å². The van der Waals surface area contributed by atoms with Gasteiger partial charge in [0.25, 0.3) is 0 Å². The lowest BCUT2D eigenvalue weighted by molar-refractivity contribution is -0.117. The van der Waals surface area contributed by atoms with E-state index in [9.17, 15) is 4.79 Å². The van der Waals surface area contributed by atoms with Crippen LogP contribution in [0.1, 0.15) is 11.1 Å². The van der Waals surface area contributed by atoms with Gasteiger partial charge in [0, 0.05) is 16.8 Å². The summed E-state index contributed by atoms with van der Waals surface area (Å²) in [6.45, 7) is 6.36. The number of benzene rings is 2. The Hall–Kier alpha value is -2.65. The molecule has 1 amide bonds. The summed E-state index contributed by atoms with van der Waals surface area (Å²) in [5, 5.41) is 2.04. The number of hydrogen-bond acceptors (Lipinski definition) is 2. The topological polar surface area (TPSA) is 20.3 Å². The Morgan fingerprint density at radius 2 is 1.92 bits per heavy atom. The lowest BCUT2D eigenvalue weighted by Gasteiger charge is -2.20. The van der Waals surface area contributed by atoms with E-state index < -0.39 is 0 Å². The number of thiophene rings is 1. The minimum Gasteiger partial charge on any atom is -0.307 e. The van der Waals surface area contributed by atoms with E-state index in [2.05, 4.69) is 30.8 Å². The van der Waals surface area contributed by atoms with Crippen molar-refractivity contribution < 1.29 is 4.79 Å². The molecule has 0 saturated heterocycles. The van der Waals surface area contributed by atoms with Crippen molar-refractivity contribution in [3.05, 3.63) is 89.8 Å². The van der Waals surface area contributed by atoms with Crippen molar-refractivity contribution in [2.75, 3.05) is 11.4 Å². The normalized spacial score (nSPS) is 10.4. The summed E-state index contributed by atoms with van der Waals surface area (Å²) in [7, 11) is 0. The molecule has 0 aliphatic heterocycles. The number of anilines is 1. The molecular formula is C22H21NOS. The predicted octanol–water partition coefficient (Wildman–Crippen LogP) is 5.49. The second-order valence-electron chi connectivity index (χ2n) is 5.99. The van der Waals surface area contributed by atoms with Crippen molar-refractivity contribution in [1.82, 2.24) is 0 Å². The number of hydrogen-bond donors (Lipinski definition) is 0. The van der Waals surface area contributed by atoms with Gasteiger partial charge in [-0.25, -0.2) is 0 Å². The molecular weight excluding hydrogens is 326 g/mol. The zero-order valence-electron chi connectivity index (χ0n) is 14.3. The van der Waals surface area contributed by atoms with Gasteiger partial charge in [0.1, 0.15) is 0 Å². The average Bonchev–Trinajstić information content (AvgIpc) is 3.10. The molecule has 3 heteroatoms. The van der Waals surface area contributed by atoms with Crippen LogP contribution in [0.15, 0.2) is 78.7 Å². The van der Waals surface area contributed by atoms with Crippen molar-refractivity contribution in [3.8, 4) is 10.4 Å². The third-order valence-corrected chi connectivity index (χ3v) is 4.97. The van der Waals surface area contributed by atoms with Crippen LogP contribution in [0.2, 0.25) is 0 Å². The van der Waals surface area contributed by atoms with Gasteiger partial charge in [-0.2, -0.15) is 0 Å². The zero-order valence-corrected chi connectivity index (χ0v) is 15.1. The highest BCUT2D eigenvalue weighted by Crippen LogP contribution is 2.32. The second-order valence-corrected chi connectivity index (χ2v) is 6.91. The van der Waals surface area contributed by atoms with Gasteiger partial charge in [-0.15, -0.1) is 17.9 Å². The minimum absolute atomic E-state index is 0.0860. The van der Waals surface area contributed by atoms with Gasteiger partial charge < -0.3 is 4.90 Å². The summed E-state index contributed by atoms with van der Waals surface area (Å²) in [6.07, 6.45) is 2.17. The van der Waals surface area contributed by atoms with Gasteiger partial charge in [0.15, 0.2) is 0 Å². The Kier molecular flexibility index (Phi) is 5.46. The number of carbonyl (C=O) groups is 1. The van der Waals surface area contributed by atoms with Crippen molar-refractivity contribution in [3.63, 3.8) is 0 Å². The SMILES string of the molecule is C=CCN(C(=O)Cc1cccc(C)c1)c1csc(-c2ccccc2)c1. The molecule has 25 heavy (non-hydrogen) atoms. The largest absolute Gasteiger partial charge is 0.307 e. The highest BCUT2D eigenvalue weighted by atomic mass is 32.1. The first-order valence-electron chi connectivity index (χ1n) is 8.28. The van der Waals surface area contributed by atoms with Crippen LogP contribution in [0.5, 0.6) is 0 Å². The van der Waals surface area contributed by atoms with Crippen LogP contribution in [-0.4, -0.2) is 12.5 Å². The van der Waals surface area contributed by atoms with Crippen LogP contribution < -0.4 is 4.90 Å². The summed E-state index contributed by atoms with van der Waals surface area (Å²) < 4.78 is 0. The standard InChI is InChI=1S/C22H21NOS/c1-3-12-23(22(24)14-18-9-7-8-17(2)13-18)20-15-21(25-16-20)19-10-5-4-6-11-19/h3-11,13,15-16H,1,12,14H2,2H3. The number of aryl methyl sites for hydroxylation is 1. The Bertz CT molecular complexity index is 866. The molecule has 0 spiro atoms. The third kappa shape index (κ3) is 4.25. The van der Waals surface area contributed by atoms with E-state index in [1.165, 1.54) is 11.1 Å². The van der Waals surface area contributed by atoms with E-state index in [4.69, 9.17) is 0 Å². The Morgan fingerprint density at radius 1 is 1.12 bits per heavy atom. The molecule has 0 unspecified atom stereocenters. The summed E-state index contributed by atoms with van der Waals surface area (Å²) in [6, 6.07) is 20.4. The molecule has 126 valence electrons. The predicted molar refractivity (Wildman–Crippen MR) is 107 cm³/mol. The van der Waals surface area contributed by atoms with E-state index in [1.54, 1.807) is 22.3 Å². The van der Waals surface area contributed by atoms with E-state index in [0.29, 0.717) is 13.0 Å². The summed E-state index contributed by atoms with van der Waals surface area (Å²) in [5.41, 5.74) is 4.31. The molecule has 0 fully saturated rings. The second kappa shape index (κ2) is 7.95. The van der Waals surface area contributed by atoms with E-state index in [0.717, 1.165) is 16.1 Å². The summed E-state index contributed by atoms with van der Waals surface area (Å²) >= 11 is 1.65. The third-order valence-electron chi connectivity index (χ3n) is 4.01. The molecule has 3 rings (SSSR count). The van der Waals surface area contributed by atoms with Crippen molar-refractivity contribution in [1.29, 1.82) is 0 Å². The van der Waals surface area contributed by atoms with Gasteiger partial charge in [-0.3, -0.25) is 4.79 Å². The van der Waals surface area contributed by atoms with Crippen LogP contribution >= 0.6 is 11.3 Å². The van der Waals surface area contributed by atoms with Crippen molar-refractivity contribution in [2.45, 2.75) is 13.3 Å². The number of rotatable bonds is 6. The first-order chi connectivity index (χ1) is 12.2. The number of amides is 1. The molecule has 0 radical (unpaired) electrons. The smallest absolute Gasteiger partial charge is 0.231 e. The minimum atomic E-state index is 0.0860. The molecule has 0 aliphatic rings. The number of carbonyl (C=O) groups excluding carboxylic acids is 1. The van der Waals surface area contributed by atoms with Gasteiger partial charge in [-0.1, -0.05) is 66.2 Å². The molecule has 0 aliphatic carbocycles. The van der Waals surface area contributed by atoms with Crippen LogP contribution in [0.3, 0.4) is 0 Å². The van der Waals surface area contributed by atoms with E-state index in [1.807, 2.05) is 48.7 Å². The maximum absolute atomic E-state index is 12.8. The number of nitrogens with zero attached hydrogens (tertiary/aromatic N) is 1. The Labute approximate surface area is 153 Å². The monoisotopic (exact) mass is 347 g/mol. The highest BCUT2D eigenvalue weighted by Gasteiger charge is 2.17. The zero-order chi connectivity index (χ0) is 17.6. The molecule has 2 aromatic carbocycles. The molecule has 0 bridgehead atoms. The summed E-state index contributed by atoms with van der Waals surface area (Å²) in [5.74, 6) is 0.0860. The fourth-order valence-electron chi connectivity index (χ4n) is 2.79. The Morgan fingerprint density at radius 3 is 2.64 bits per heavy atom. The average molecular weight is 347 g/mol.